The highest BCUT2D eigenvalue weighted by Gasteiger charge is 2.37. The molecule has 2 aliphatic rings. The summed E-state index contributed by atoms with van der Waals surface area (Å²) < 4.78 is 25.5. The SMILES string of the molecule is CS(=O)(=O)N(Cc1cccnc1)CC(O)CN1[C@@H]2CCC[C@H]1CC2. The lowest BCUT2D eigenvalue weighted by Gasteiger charge is -2.36. The van der Waals surface area contributed by atoms with Crippen molar-refractivity contribution >= 4 is 10.0 Å². The number of aromatic nitrogens is 1. The maximum absolute atomic E-state index is 12.1. The largest absolute Gasteiger partial charge is 0.390 e. The zero-order valence-corrected chi connectivity index (χ0v) is 15.0. The molecule has 0 radical (unpaired) electrons. The lowest BCUT2D eigenvalue weighted by Crippen LogP contribution is -2.47. The van der Waals surface area contributed by atoms with E-state index in [9.17, 15) is 13.5 Å². The molecule has 3 atom stereocenters. The van der Waals surface area contributed by atoms with Gasteiger partial charge in [-0.25, -0.2) is 8.42 Å². The topological polar surface area (TPSA) is 73.7 Å². The Bertz CT molecular complexity index is 622. The molecule has 2 fully saturated rings. The average Bonchev–Trinajstić information content (AvgIpc) is 2.75. The minimum atomic E-state index is -3.38. The molecule has 134 valence electrons. The van der Waals surface area contributed by atoms with Crippen LogP contribution >= 0.6 is 0 Å². The van der Waals surface area contributed by atoms with Gasteiger partial charge in [0.05, 0.1) is 12.4 Å². The zero-order valence-electron chi connectivity index (χ0n) is 14.2. The van der Waals surface area contributed by atoms with E-state index in [1.807, 2.05) is 6.07 Å². The Morgan fingerprint density at radius 3 is 2.62 bits per heavy atom. The van der Waals surface area contributed by atoms with Gasteiger partial charge in [-0.1, -0.05) is 12.5 Å². The fraction of sp³-hybridized carbons (Fsp3) is 0.706. The minimum Gasteiger partial charge on any atom is -0.390 e. The second kappa shape index (κ2) is 7.47. The normalized spacial score (nSPS) is 26.0. The summed E-state index contributed by atoms with van der Waals surface area (Å²) in [7, 11) is -3.38. The summed E-state index contributed by atoms with van der Waals surface area (Å²) in [4.78, 5) is 6.43. The Morgan fingerprint density at radius 2 is 2.04 bits per heavy atom. The molecule has 0 aromatic carbocycles. The maximum atomic E-state index is 12.1. The molecule has 0 aliphatic carbocycles. The van der Waals surface area contributed by atoms with Gasteiger partial charge in [0.2, 0.25) is 10.0 Å². The predicted molar refractivity (Wildman–Crippen MR) is 92.9 cm³/mol. The number of aliphatic hydroxyl groups excluding tert-OH is 1. The second-order valence-corrected chi connectivity index (χ2v) is 9.07. The molecule has 3 heterocycles. The van der Waals surface area contributed by atoms with Gasteiger partial charge in [-0.05, 0) is 37.3 Å². The molecule has 1 aromatic heterocycles. The van der Waals surface area contributed by atoms with Crippen molar-refractivity contribution in [1.29, 1.82) is 0 Å². The number of piperidine rings is 1. The van der Waals surface area contributed by atoms with Crippen molar-refractivity contribution in [2.75, 3.05) is 19.3 Å². The highest BCUT2D eigenvalue weighted by Crippen LogP contribution is 2.35. The van der Waals surface area contributed by atoms with Crippen LogP contribution in [0.3, 0.4) is 0 Å². The van der Waals surface area contributed by atoms with Crippen LogP contribution in [0.15, 0.2) is 24.5 Å². The van der Waals surface area contributed by atoms with Gasteiger partial charge in [0.1, 0.15) is 0 Å². The molecular formula is C17H27N3O3S. The van der Waals surface area contributed by atoms with Gasteiger partial charge in [0.25, 0.3) is 0 Å². The molecule has 6 nitrogen and oxygen atoms in total. The van der Waals surface area contributed by atoms with E-state index in [2.05, 4.69) is 9.88 Å². The van der Waals surface area contributed by atoms with E-state index < -0.39 is 16.1 Å². The molecule has 1 unspecified atom stereocenters. The fourth-order valence-corrected chi connectivity index (χ4v) is 4.90. The van der Waals surface area contributed by atoms with E-state index in [4.69, 9.17) is 0 Å². The van der Waals surface area contributed by atoms with Gasteiger partial charge in [0, 0.05) is 44.1 Å². The number of nitrogens with zero attached hydrogens (tertiary/aromatic N) is 3. The first-order chi connectivity index (χ1) is 11.4. The van der Waals surface area contributed by atoms with Crippen molar-refractivity contribution in [3.8, 4) is 0 Å². The van der Waals surface area contributed by atoms with Gasteiger partial charge in [-0.15, -0.1) is 0 Å². The van der Waals surface area contributed by atoms with Crippen molar-refractivity contribution < 1.29 is 13.5 Å². The van der Waals surface area contributed by atoms with Gasteiger partial charge in [0.15, 0.2) is 0 Å². The van der Waals surface area contributed by atoms with Crippen LogP contribution in [0.2, 0.25) is 0 Å². The summed E-state index contributed by atoms with van der Waals surface area (Å²) in [6.45, 7) is 0.939. The highest BCUT2D eigenvalue weighted by molar-refractivity contribution is 7.88. The van der Waals surface area contributed by atoms with Gasteiger partial charge in [-0.2, -0.15) is 4.31 Å². The number of sulfonamides is 1. The first-order valence-electron chi connectivity index (χ1n) is 8.71. The molecule has 3 rings (SSSR count). The van der Waals surface area contributed by atoms with Crippen LogP contribution < -0.4 is 0 Å². The van der Waals surface area contributed by atoms with Crippen molar-refractivity contribution in [3.05, 3.63) is 30.1 Å². The van der Waals surface area contributed by atoms with Crippen molar-refractivity contribution in [2.24, 2.45) is 0 Å². The lowest BCUT2D eigenvalue weighted by atomic mass is 10.0. The molecule has 7 heteroatoms. The molecule has 0 spiro atoms. The minimum absolute atomic E-state index is 0.129. The van der Waals surface area contributed by atoms with Gasteiger partial charge in [-0.3, -0.25) is 9.88 Å². The first-order valence-corrected chi connectivity index (χ1v) is 10.6. The number of pyridine rings is 1. The van der Waals surface area contributed by atoms with Crippen molar-refractivity contribution in [1.82, 2.24) is 14.2 Å². The van der Waals surface area contributed by atoms with E-state index >= 15 is 0 Å². The van der Waals surface area contributed by atoms with Gasteiger partial charge < -0.3 is 5.11 Å². The van der Waals surface area contributed by atoms with E-state index in [1.54, 1.807) is 18.5 Å². The summed E-state index contributed by atoms with van der Waals surface area (Å²) >= 11 is 0. The smallest absolute Gasteiger partial charge is 0.211 e. The Hall–Kier alpha value is -1.02. The first kappa shape index (κ1) is 17.8. The third-order valence-corrected chi connectivity index (χ3v) is 6.45. The molecule has 1 aromatic rings. The number of hydrogen-bond acceptors (Lipinski definition) is 5. The van der Waals surface area contributed by atoms with E-state index in [0.29, 0.717) is 18.6 Å². The summed E-state index contributed by atoms with van der Waals surface area (Å²) in [6, 6.07) is 4.78. The number of hydrogen-bond donors (Lipinski definition) is 1. The molecule has 2 saturated heterocycles. The predicted octanol–water partition coefficient (Wildman–Crippen LogP) is 1.22. The van der Waals surface area contributed by atoms with Crippen LogP contribution in [0.25, 0.3) is 0 Å². The monoisotopic (exact) mass is 353 g/mol. The summed E-state index contributed by atoms with van der Waals surface area (Å²) in [5, 5.41) is 10.5. The van der Waals surface area contributed by atoms with Crippen LogP contribution in [-0.2, 0) is 16.6 Å². The maximum Gasteiger partial charge on any atom is 0.211 e. The fourth-order valence-electron chi connectivity index (χ4n) is 4.07. The molecule has 0 amide bonds. The highest BCUT2D eigenvalue weighted by atomic mass is 32.2. The standard InChI is InChI=1S/C17H27N3O3S/c1-24(22,23)19(11-14-4-3-9-18-10-14)12-17(21)13-20-15-5-2-6-16(20)8-7-15/h3-4,9-10,15-17,21H,2,5-8,11-13H2,1H3/t15-,16+,17?. The van der Waals surface area contributed by atoms with E-state index in [-0.39, 0.29) is 13.1 Å². The zero-order chi connectivity index (χ0) is 17.2. The van der Waals surface area contributed by atoms with E-state index in [0.717, 1.165) is 5.56 Å². The number of fused-ring (bicyclic) bond motifs is 2. The molecule has 2 aliphatic heterocycles. The number of aliphatic hydroxyl groups is 1. The van der Waals surface area contributed by atoms with Crippen LogP contribution in [0, 0.1) is 0 Å². The average molecular weight is 353 g/mol. The number of rotatable bonds is 7. The molecule has 24 heavy (non-hydrogen) atoms. The molecular weight excluding hydrogens is 326 g/mol. The Kier molecular flexibility index (Phi) is 5.54. The van der Waals surface area contributed by atoms with Crippen LogP contribution in [0.1, 0.15) is 37.7 Å². The molecule has 1 N–H and O–H groups in total. The van der Waals surface area contributed by atoms with E-state index in [1.165, 1.54) is 42.7 Å². The quantitative estimate of drug-likeness (QED) is 0.798. The second-order valence-electron chi connectivity index (χ2n) is 7.08. The molecule has 0 saturated carbocycles. The van der Waals surface area contributed by atoms with Crippen molar-refractivity contribution in [3.63, 3.8) is 0 Å². The van der Waals surface area contributed by atoms with Crippen molar-refractivity contribution in [2.45, 2.75) is 56.8 Å². The van der Waals surface area contributed by atoms with Crippen LogP contribution in [-0.4, -0.2) is 65.2 Å². The molecule has 2 bridgehead atoms. The Morgan fingerprint density at radius 1 is 1.33 bits per heavy atom. The van der Waals surface area contributed by atoms with Crippen LogP contribution in [0.4, 0.5) is 0 Å². The summed E-state index contributed by atoms with van der Waals surface area (Å²) in [5.74, 6) is 0. The third-order valence-electron chi connectivity index (χ3n) is 5.23. The Balaban J connectivity index is 1.62. The summed E-state index contributed by atoms with van der Waals surface area (Å²) in [5.41, 5.74) is 0.827. The Labute approximate surface area is 144 Å². The lowest BCUT2D eigenvalue weighted by molar-refractivity contribution is 0.0520. The summed E-state index contributed by atoms with van der Waals surface area (Å²) in [6.07, 6.45) is 9.95. The third kappa shape index (κ3) is 4.33. The van der Waals surface area contributed by atoms with Crippen LogP contribution in [0.5, 0.6) is 0 Å². The van der Waals surface area contributed by atoms with Gasteiger partial charge >= 0.3 is 0 Å².